The SMILES string of the molecule is OCc1cc(Br)ccc1Oc1ccc(Br)cc1. The molecule has 88 valence electrons. The van der Waals surface area contributed by atoms with Crippen LogP contribution in [0.15, 0.2) is 51.4 Å². The Bertz CT molecular complexity index is 509. The van der Waals surface area contributed by atoms with Crippen molar-refractivity contribution in [3.8, 4) is 11.5 Å². The van der Waals surface area contributed by atoms with Crippen molar-refractivity contribution in [2.24, 2.45) is 0 Å². The first-order valence-electron chi connectivity index (χ1n) is 5.02. The Kier molecular flexibility index (Phi) is 4.20. The van der Waals surface area contributed by atoms with Crippen molar-refractivity contribution in [3.05, 3.63) is 57.0 Å². The van der Waals surface area contributed by atoms with Gasteiger partial charge in [0, 0.05) is 14.5 Å². The fourth-order valence-corrected chi connectivity index (χ4v) is 2.07. The summed E-state index contributed by atoms with van der Waals surface area (Å²) in [6.07, 6.45) is 0. The largest absolute Gasteiger partial charge is 0.457 e. The van der Waals surface area contributed by atoms with Crippen LogP contribution in [0.2, 0.25) is 0 Å². The Morgan fingerprint density at radius 3 is 2.24 bits per heavy atom. The number of hydrogen-bond acceptors (Lipinski definition) is 2. The summed E-state index contributed by atoms with van der Waals surface area (Å²) in [4.78, 5) is 0. The molecule has 0 heterocycles. The first-order valence-corrected chi connectivity index (χ1v) is 6.60. The van der Waals surface area contributed by atoms with Crippen LogP contribution >= 0.6 is 31.9 Å². The van der Waals surface area contributed by atoms with E-state index in [-0.39, 0.29) is 6.61 Å². The molecule has 0 aliphatic rings. The molecule has 0 aliphatic carbocycles. The van der Waals surface area contributed by atoms with E-state index in [0.717, 1.165) is 20.3 Å². The molecule has 17 heavy (non-hydrogen) atoms. The van der Waals surface area contributed by atoms with Crippen LogP contribution in [-0.4, -0.2) is 5.11 Å². The first kappa shape index (κ1) is 12.6. The summed E-state index contributed by atoms with van der Waals surface area (Å²) < 4.78 is 7.63. The van der Waals surface area contributed by atoms with Gasteiger partial charge in [0.15, 0.2) is 0 Å². The molecule has 0 saturated carbocycles. The molecule has 0 spiro atoms. The van der Waals surface area contributed by atoms with E-state index in [1.165, 1.54) is 0 Å². The van der Waals surface area contributed by atoms with Crippen LogP contribution in [0.1, 0.15) is 5.56 Å². The van der Waals surface area contributed by atoms with Crippen LogP contribution in [0, 0.1) is 0 Å². The highest BCUT2D eigenvalue weighted by atomic mass is 79.9. The second-order valence-corrected chi connectivity index (χ2v) is 5.30. The van der Waals surface area contributed by atoms with Gasteiger partial charge >= 0.3 is 0 Å². The van der Waals surface area contributed by atoms with E-state index in [0.29, 0.717) is 5.75 Å². The Hall–Kier alpha value is -0.840. The number of benzene rings is 2. The van der Waals surface area contributed by atoms with Gasteiger partial charge in [-0.1, -0.05) is 31.9 Å². The smallest absolute Gasteiger partial charge is 0.133 e. The summed E-state index contributed by atoms with van der Waals surface area (Å²) in [5.41, 5.74) is 0.752. The summed E-state index contributed by atoms with van der Waals surface area (Å²) >= 11 is 6.73. The van der Waals surface area contributed by atoms with Crippen molar-refractivity contribution < 1.29 is 9.84 Å². The lowest BCUT2D eigenvalue weighted by Gasteiger charge is -2.10. The van der Waals surface area contributed by atoms with E-state index >= 15 is 0 Å². The minimum Gasteiger partial charge on any atom is -0.457 e. The molecule has 0 aliphatic heterocycles. The highest BCUT2D eigenvalue weighted by Crippen LogP contribution is 2.28. The van der Waals surface area contributed by atoms with Gasteiger partial charge in [0.05, 0.1) is 6.61 Å². The predicted octanol–water partition coefficient (Wildman–Crippen LogP) is 4.50. The molecule has 0 bridgehead atoms. The lowest BCUT2D eigenvalue weighted by atomic mass is 10.2. The van der Waals surface area contributed by atoms with Crippen LogP contribution in [0.5, 0.6) is 11.5 Å². The van der Waals surface area contributed by atoms with Gasteiger partial charge in [0.25, 0.3) is 0 Å². The molecule has 2 rings (SSSR count). The number of halogens is 2. The van der Waals surface area contributed by atoms with Gasteiger partial charge in [0.1, 0.15) is 11.5 Å². The maximum absolute atomic E-state index is 9.26. The van der Waals surface area contributed by atoms with Crippen LogP contribution in [0.3, 0.4) is 0 Å². The zero-order chi connectivity index (χ0) is 12.3. The minimum atomic E-state index is -0.0503. The molecule has 1 N–H and O–H groups in total. The van der Waals surface area contributed by atoms with Gasteiger partial charge in [-0.3, -0.25) is 0 Å². The summed E-state index contributed by atoms with van der Waals surface area (Å²) in [5, 5.41) is 9.26. The molecular weight excluding hydrogens is 348 g/mol. The zero-order valence-electron chi connectivity index (χ0n) is 8.86. The van der Waals surface area contributed by atoms with Crippen molar-refractivity contribution in [2.45, 2.75) is 6.61 Å². The van der Waals surface area contributed by atoms with Crippen LogP contribution in [-0.2, 0) is 6.61 Å². The second-order valence-electron chi connectivity index (χ2n) is 3.47. The van der Waals surface area contributed by atoms with E-state index in [1.807, 2.05) is 42.5 Å². The summed E-state index contributed by atoms with van der Waals surface area (Å²) in [7, 11) is 0. The molecule has 2 aromatic rings. The average Bonchev–Trinajstić information content (AvgIpc) is 2.34. The van der Waals surface area contributed by atoms with Gasteiger partial charge in [-0.05, 0) is 42.5 Å². The molecule has 0 aromatic heterocycles. The molecule has 0 amide bonds. The van der Waals surface area contributed by atoms with Gasteiger partial charge in [-0.15, -0.1) is 0 Å². The molecule has 2 aromatic carbocycles. The predicted molar refractivity (Wildman–Crippen MR) is 74.3 cm³/mol. The molecule has 0 unspecified atom stereocenters. The van der Waals surface area contributed by atoms with E-state index in [4.69, 9.17) is 4.74 Å². The van der Waals surface area contributed by atoms with Crippen molar-refractivity contribution in [2.75, 3.05) is 0 Å². The molecule has 2 nitrogen and oxygen atoms in total. The van der Waals surface area contributed by atoms with Gasteiger partial charge in [-0.2, -0.15) is 0 Å². The topological polar surface area (TPSA) is 29.5 Å². The third-order valence-corrected chi connectivity index (χ3v) is 3.26. The third kappa shape index (κ3) is 3.31. The summed E-state index contributed by atoms with van der Waals surface area (Å²) in [5.74, 6) is 1.41. The summed E-state index contributed by atoms with van der Waals surface area (Å²) in [6.45, 7) is -0.0503. The first-order chi connectivity index (χ1) is 8.19. The van der Waals surface area contributed by atoms with Gasteiger partial charge in [-0.25, -0.2) is 0 Å². The van der Waals surface area contributed by atoms with Crippen LogP contribution in [0.25, 0.3) is 0 Å². The third-order valence-electron chi connectivity index (χ3n) is 2.23. The fourth-order valence-electron chi connectivity index (χ4n) is 1.40. The fraction of sp³-hybridized carbons (Fsp3) is 0.0769. The van der Waals surface area contributed by atoms with E-state index in [2.05, 4.69) is 31.9 Å². The van der Waals surface area contributed by atoms with Crippen LogP contribution in [0.4, 0.5) is 0 Å². The van der Waals surface area contributed by atoms with Crippen LogP contribution < -0.4 is 4.74 Å². The molecule has 0 saturated heterocycles. The Morgan fingerprint density at radius 2 is 1.59 bits per heavy atom. The summed E-state index contributed by atoms with van der Waals surface area (Å²) in [6, 6.07) is 13.1. The number of aliphatic hydroxyl groups is 1. The Morgan fingerprint density at radius 1 is 0.941 bits per heavy atom. The number of rotatable bonds is 3. The lowest BCUT2D eigenvalue weighted by Crippen LogP contribution is -1.91. The molecule has 0 fully saturated rings. The van der Waals surface area contributed by atoms with Crippen molar-refractivity contribution in [1.82, 2.24) is 0 Å². The van der Waals surface area contributed by atoms with Gasteiger partial charge < -0.3 is 9.84 Å². The zero-order valence-corrected chi connectivity index (χ0v) is 12.0. The number of hydrogen-bond donors (Lipinski definition) is 1. The molecule has 0 radical (unpaired) electrons. The molecule has 4 heteroatoms. The average molecular weight is 358 g/mol. The standard InChI is InChI=1S/C13H10Br2O2/c14-10-1-4-12(5-2-10)17-13-6-3-11(15)7-9(13)8-16/h1-7,16H,8H2. The van der Waals surface area contributed by atoms with E-state index in [1.54, 1.807) is 0 Å². The van der Waals surface area contributed by atoms with E-state index in [9.17, 15) is 5.11 Å². The maximum atomic E-state index is 9.26. The monoisotopic (exact) mass is 356 g/mol. The van der Waals surface area contributed by atoms with Crippen molar-refractivity contribution >= 4 is 31.9 Å². The number of aliphatic hydroxyl groups excluding tert-OH is 1. The quantitative estimate of drug-likeness (QED) is 0.876. The van der Waals surface area contributed by atoms with Crippen molar-refractivity contribution in [1.29, 1.82) is 0 Å². The maximum Gasteiger partial charge on any atom is 0.133 e. The van der Waals surface area contributed by atoms with E-state index < -0.39 is 0 Å². The Balaban J connectivity index is 2.26. The second kappa shape index (κ2) is 5.67. The van der Waals surface area contributed by atoms with Gasteiger partial charge in [0.2, 0.25) is 0 Å². The normalized spacial score (nSPS) is 10.3. The molecular formula is C13H10Br2O2. The highest BCUT2D eigenvalue weighted by molar-refractivity contribution is 9.10. The minimum absolute atomic E-state index is 0.0503. The lowest BCUT2D eigenvalue weighted by molar-refractivity contribution is 0.276. The number of ether oxygens (including phenoxy) is 1. The Labute approximate surface area is 116 Å². The highest BCUT2D eigenvalue weighted by Gasteiger charge is 2.04. The molecule has 0 atom stereocenters. The van der Waals surface area contributed by atoms with Crippen molar-refractivity contribution in [3.63, 3.8) is 0 Å².